The molecule has 34 heavy (non-hydrogen) atoms. The zero-order chi connectivity index (χ0) is 23.7. The van der Waals surface area contributed by atoms with E-state index >= 15 is 0 Å². The van der Waals surface area contributed by atoms with Gasteiger partial charge in [0, 0.05) is 40.8 Å². The van der Waals surface area contributed by atoms with Crippen molar-refractivity contribution in [3.63, 3.8) is 0 Å². The van der Waals surface area contributed by atoms with Gasteiger partial charge >= 0.3 is 0 Å². The van der Waals surface area contributed by atoms with Gasteiger partial charge in [-0.1, -0.05) is 11.6 Å². The molecule has 1 aromatic carbocycles. The Morgan fingerprint density at radius 3 is 2.74 bits per heavy atom. The van der Waals surface area contributed by atoms with Crippen LogP contribution in [-0.2, 0) is 38.1 Å². The topological polar surface area (TPSA) is 101 Å². The standard InChI is InChI=1S/C24H23ClN4O4S/c25-16-1-4-20-15(11-16)12-17(28(20)10-6-22(30)27-34(32,33)18-2-3-18)14-29-21-13-26-9-5-19(21)24(7-8-24)23(29)31/h1,4-5,9,11-13,18H,2-3,6-8,10,14H2,(H,27,30). The van der Waals surface area contributed by atoms with Crippen molar-refractivity contribution in [1.29, 1.82) is 0 Å². The third kappa shape index (κ3) is 3.49. The van der Waals surface area contributed by atoms with E-state index in [1.54, 1.807) is 23.4 Å². The van der Waals surface area contributed by atoms with Gasteiger partial charge in [-0.25, -0.2) is 8.42 Å². The first kappa shape index (κ1) is 21.6. The van der Waals surface area contributed by atoms with Gasteiger partial charge in [-0.2, -0.15) is 0 Å². The van der Waals surface area contributed by atoms with E-state index in [1.807, 2.05) is 28.8 Å². The minimum absolute atomic E-state index is 0.00137. The van der Waals surface area contributed by atoms with Crippen LogP contribution in [0.2, 0.25) is 5.02 Å². The largest absolute Gasteiger partial charge is 0.342 e. The molecule has 1 spiro atoms. The summed E-state index contributed by atoms with van der Waals surface area (Å²) in [6.45, 7) is 0.604. The van der Waals surface area contributed by atoms with Gasteiger partial charge in [-0.15, -0.1) is 0 Å². The number of hydrogen-bond donors (Lipinski definition) is 1. The van der Waals surface area contributed by atoms with E-state index in [0.717, 1.165) is 40.7 Å². The Kier molecular flexibility index (Phi) is 4.80. The average molecular weight is 499 g/mol. The summed E-state index contributed by atoms with van der Waals surface area (Å²) in [5.41, 5.74) is 3.15. The zero-order valence-corrected chi connectivity index (χ0v) is 19.9. The first-order valence-electron chi connectivity index (χ1n) is 11.4. The maximum atomic E-state index is 13.4. The number of amides is 2. The van der Waals surface area contributed by atoms with Gasteiger partial charge in [0.1, 0.15) is 0 Å². The Balaban J connectivity index is 1.30. The van der Waals surface area contributed by atoms with Gasteiger partial charge in [-0.05, 0) is 61.6 Å². The Bertz CT molecular complexity index is 1460. The number of rotatable bonds is 7. The summed E-state index contributed by atoms with van der Waals surface area (Å²) in [6.07, 6.45) is 6.33. The summed E-state index contributed by atoms with van der Waals surface area (Å²) < 4.78 is 28.4. The summed E-state index contributed by atoms with van der Waals surface area (Å²) in [7, 11) is -3.59. The third-order valence-electron chi connectivity index (χ3n) is 7.06. The fourth-order valence-electron chi connectivity index (χ4n) is 4.99. The molecule has 2 amide bonds. The molecule has 6 rings (SSSR count). The van der Waals surface area contributed by atoms with Crippen LogP contribution in [0.1, 0.15) is 43.4 Å². The lowest BCUT2D eigenvalue weighted by atomic mass is 9.99. The quantitative estimate of drug-likeness (QED) is 0.538. The van der Waals surface area contributed by atoms with Crippen molar-refractivity contribution in [1.82, 2.24) is 14.3 Å². The lowest BCUT2D eigenvalue weighted by molar-refractivity contribution is -0.121. The number of nitrogens with zero attached hydrogens (tertiary/aromatic N) is 3. The van der Waals surface area contributed by atoms with Crippen molar-refractivity contribution in [2.24, 2.45) is 0 Å². The predicted octanol–water partition coefficient (Wildman–Crippen LogP) is 3.27. The van der Waals surface area contributed by atoms with Gasteiger partial charge in [-0.3, -0.25) is 19.3 Å². The molecule has 8 nitrogen and oxygen atoms in total. The highest BCUT2D eigenvalue weighted by Crippen LogP contribution is 2.57. The molecule has 0 unspecified atom stereocenters. The van der Waals surface area contributed by atoms with E-state index in [-0.39, 0.29) is 18.9 Å². The number of hydrogen-bond acceptors (Lipinski definition) is 5. The summed E-state index contributed by atoms with van der Waals surface area (Å²) >= 11 is 6.21. The molecular formula is C24H23ClN4O4S. The molecule has 10 heteroatoms. The second kappa shape index (κ2) is 7.55. The van der Waals surface area contributed by atoms with Crippen molar-refractivity contribution in [3.05, 3.63) is 59.0 Å². The van der Waals surface area contributed by atoms with Crippen LogP contribution in [0.3, 0.4) is 0 Å². The number of carbonyl (C=O) groups is 2. The number of halogens is 1. The van der Waals surface area contributed by atoms with Crippen molar-refractivity contribution in [3.8, 4) is 0 Å². The van der Waals surface area contributed by atoms with Crippen molar-refractivity contribution in [2.45, 2.75) is 55.9 Å². The van der Waals surface area contributed by atoms with Crippen LogP contribution in [0.25, 0.3) is 10.9 Å². The monoisotopic (exact) mass is 498 g/mol. The van der Waals surface area contributed by atoms with Gasteiger partial charge in [0.05, 0.1) is 29.1 Å². The second-order valence-corrected chi connectivity index (χ2v) is 11.8. The highest BCUT2D eigenvalue weighted by molar-refractivity contribution is 7.90. The molecule has 1 N–H and O–H groups in total. The Morgan fingerprint density at radius 1 is 1.21 bits per heavy atom. The van der Waals surface area contributed by atoms with Gasteiger partial charge in [0.25, 0.3) is 0 Å². The summed E-state index contributed by atoms with van der Waals surface area (Å²) in [5.74, 6) is -0.448. The molecule has 0 radical (unpaired) electrons. The van der Waals surface area contributed by atoms with Crippen LogP contribution in [0.4, 0.5) is 5.69 Å². The maximum Gasteiger partial charge on any atom is 0.238 e. The summed E-state index contributed by atoms with van der Waals surface area (Å²) in [5, 5.41) is 1.03. The van der Waals surface area contributed by atoms with E-state index in [0.29, 0.717) is 24.4 Å². The minimum Gasteiger partial charge on any atom is -0.342 e. The normalized spacial score (nSPS) is 18.5. The molecule has 0 saturated heterocycles. The molecule has 176 valence electrons. The molecule has 1 aliphatic heterocycles. The lowest BCUT2D eigenvalue weighted by Gasteiger charge is -2.19. The van der Waals surface area contributed by atoms with E-state index in [2.05, 4.69) is 9.71 Å². The Labute approximate surface area is 202 Å². The summed E-state index contributed by atoms with van der Waals surface area (Å²) in [6, 6.07) is 9.41. The van der Waals surface area contributed by atoms with E-state index in [4.69, 9.17) is 11.6 Å². The molecular weight excluding hydrogens is 476 g/mol. The Hall–Kier alpha value is -2.91. The molecule has 0 bridgehead atoms. The highest BCUT2D eigenvalue weighted by Gasteiger charge is 2.59. The fraction of sp³-hybridized carbons (Fsp3) is 0.375. The van der Waals surface area contributed by atoms with E-state index in [1.165, 1.54) is 0 Å². The number of sulfonamides is 1. The smallest absolute Gasteiger partial charge is 0.238 e. The van der Waals surface area contributed by atoms with Crippen LogP contribution in [-0.4, -0.2) is 35.0 Å². The number of aryl methyl sites for hydroxylation is 1. The molecule has 3 heterocycles. The number of fused-ring (bicyclic) bond motifs is 3. The highest BCUT2D eigenvalue weighted by atomic mass is 35.5. The molecule has 2 saturated carbocycles. The van der Waals surface area contributed by atoms with Gasteiger partial charge < -0.3 is 9.47 Å². The van der Waals surface area contributed by atoms with E-state index < -0.39 is 26.6 Å². The number of anilines is 1. The second-order valence-electron chi connectivity index (χ2n) is 9.38. The maximum absolute atomic E-state index is 13.4. The molecule has 2 aliphatic carbocycles. The average Bonchev–Trinajstić information content (AvgIpc) is 3.71. The van der Waals surface area contributed by atoms with Crippen LogP contribution in [0.15, 0.2) is 42.7 Å². The molecule has 3 aromatic rings. The fourth-order valence-corrected chi connectivity index (χ4v) is 6.52. The SMILES string of the molecule is O=C(CCn1c(CN2C(=O)C3(CC3)c3ccncc32)cc2cc(Cl)ccc21)NS(=O)(=O)C1CC1. The minimum atomic E-state index is -3.59. The molecule has 3 aliphatic rings. The predicted molar refractivity (Wildman–Crippen MR) is 128 cm³/mol. The van der Waals surface area contributed by atoms with Gasteiger partial charge in [0.2, 0.25) is 21.8 Å². The van der Waals surface area contributed by atoms with E-state index in [9.17, 15) is 18.0 Å². The Morgan fingerprint density at radius 2 is 2.00 bits per heavy atom. The van der Waals surface area contributed by atoms with Crippen molar-refractivity contribution in [2.75, 3.05) is 4.90 Å². The van der Waals surface area contributed by atoms with Crippen molar-refractivity contribution >= 4 is 50.0 Å². The van der Waals surface area contributed by atoms with Crippen LogP contribution >= 0.6 is 11.6 Å². The number of benzene rings is 1. The first-order valence-corrected chi connectivity index (χ1v) is 13.3. The van der Waals surface area contributed by atoms with Crippen molar-refractivity contribution < 1.29 is 18.0 Å². The van der Waals surface area contributed by atoms with Crippen LogP contribution in [0, 0.1) is 0 Å². The van der Waals surface area contributed by atoms with Crippen LogP contribution in [0.5, 0.6) is 0 Å². The molecule has 2 fully saturated rings. The number of pyridine rings is 1. The van der Waals surface area contributed by atoms with Crippen LogP contribution < -0.4 is 9.62 Å². The van der Waals surface area contributed by atoms with Gasteiger partial charge in [0.15, 0.2) is 0 Å². The molecule has 2 aromatic heterocycles. The molecule has 0 atom stereocenters. The number of aromatic nitrogens is 2. The third-order valence-corrected chi connectivity index (χ3v) is 9.16. The summed E-state index contributed by atoms with van der Waals surface area (Å²) in [4.78, 5) is 31.8. The lowest BCUT2D eigenvalue weighted by Crippen LogP contribution is -2.34. The number of carbonyl (C=O) groups excluding carboxylic acids is 2. The number of nitrogens with one attached hydrogen (secondary N) is 1. The zero-order valence-electron chi connectivity index (χ0n) is 18.3. The first-order chi connectivity index (χ1) is 16.3.